The van der Waals surface area contributed by atoms with Gasteiger partial charge in [0.2, 0.25) is 0 Å². The number of hydrogen-bond acceptors (Lipinski definition) is 3. The average molecular weight is 333 g/mol. The van der Waals surface area contributed by atoms with Crippen LogP contribution in [-0.2, 0) is 0 Å². The molecule has 0 bridgehead atoms. The first-order valence-corrected chi connectivity index (χ1v) is 6.88. The molecule has 1 heterocycles. The van der Waals surface area contributed by atoms with E-state index in [-0.39, 0.29) is 5.92 Å². The number of rotatable bonds is 2. The van der Waals surface area contributed by atoms with Gasteiger partial charge in [-0.15, -0.1) is 11.3 Å². The van der Waals surface area contributed by atoms with Crippen LogP contribution in [0.5, 0.6) is 0 Å². The van der Waals surface area contributed by atoms with Gasteiger partial charge in [0.05, 0.1) is 5.69 Å². The largest absolute Gasteiger partial charge is 0.375 e. The van der Waals surface area contributed by atoms with E-state index in [0.29, 0.717) is 15.2 Å². The monoisotopic (exact) mass is 332 g/mol. The van der Waals surface area contributed by atoms with Crippen molar-refractivity contribution in [3.8, 4) is 0 Å². The highest BCUT2D eigenvalue weighted by Gasteiger charge is 2.21. The van der Waals surface area contributed by atoms with Crippen LogP contribution in [0.4, 0.5) is 13.9 Å². The highest BCUT2D eigenvalue weighted by atomic mass is 79.9. The molecule has 2 N–H and O–H groups in total. The number of hydrogen-bond donors (Lipinski definition) is 1. The second-order valence-electron chi connectivity index (χ2n) is 4.01. The lowest BCUT2D eigenvalue weighted by Crippen LogP contribution is -2.01. The lowest BCUT2D eigenvalue weighted by atomic mass is 9.98. The molecule has 0 radical (unpaired) electrons. The van der Waals surface area contributed by atoms with Crippen LogP contribution in [0.25, 0.3) is 0 Å². The third-order valence-corrected chi connectivity index (χ3v) is 4.54. The Hall–Kier alpha value is -1.01. The summed E-state index contributed by atoms with van der Waals surface area (Å²) in [4.78, 5) is 5.01. The Morgan fingerprint density at radius 3 is 2.56 bits per heavy atom. The summed E-state index contributed by atoms with van der Waals surface area (Å²) >= 11 is 4.52. The highest BCUT2D eigenvalue weighted by Crippen LogP contribution is 2.37. The number of benzene rings is 1. The third-order valence-electron chi connectivity index (χ3n) is 2.72. The summed E-state index contributed by atoms with van der Waals surface area (Å²) in [7, 11) is 0. The normalized spacial score (nSPS) is 12.7. The molecule has 1 aromatic carbocycles. The summed E-state index contributed by atoms with van der Waals surface area (Å²) in [5.41, 5.74) is 6.84. The summed E-state index contributed by atoms with van der Waals surface area (Å²) in [6.45, 7) is 3.68. The maximum Gasteiger partial charge on any atom is 0.180 e. The maximum atomic E-state index is 13.9. The van der Waals surface area contributed by atoms with Gasteiger partial charge >= 0.3 is 0 Å². The van der Waals surface area contributed by atoms with Crippen molar-refractivity contribution in [1.29, 1.82) is 0 Å². The third kappa shape index (κ3) is 2.40. The molecule has 2 rings (SSSR count). The smallest absolute Gasteiger partial charge is 0.180 e. The van der Waals surface area contributed by atoms with Gasteiger partial charge in [-0.05, 0) is 13.0 Å². The molecule has 96 valence electrons. The van der Waals surface area contributed by atoms with Crippen molar-refractivity contribution in [2.45, 2.75) is 19.8 Å². The molecule has 2 aromatic rings. The molecule has 0 aliphatic heterocycles. The van der Waals surface area contributed by atoms with Crippen molar-refractivity contribution in [1.82, 2.24) is 4.98 Å². The Morgan fingerprint density at radius 1 is 1.39 bits per heavy atom. The number of aromatic nitrogens is 1. The average Bonchev–Trinajstić information content (AvgIpc) is 2.56. The van der Waals surface area contributed by atoms with Crippen molar-refractivity contribution in [2.24, 2.45) is 0 Å². The zero-order valence-corrected chi connectivity index (χ0v) is 12.2. The van der Waals surface area contributed by atoms with Gasteiger partial charge in [-0.1, -0.05) is 22.9 Å². The molecule has 0 amide bonds. The van der Waals surface area contributed by atoms with Crippen molar-refractivity contribution < 1.29 is 8.78 Å². The molecule has 18 heavy (non-hydrogen) atoms. The van der Waals surface area contributed by atoms with E-state index in [1.807, 2.05) is 13.8 Å². The number of halogens is 3. The van der Waals surface area contributed by atoms with Crippen molar-refractivity contribution in [3.63, 3.8) is 0 Å². The fraction of sp³-hybridized carbons (Fsp3) is 0.250. The maximum absolute atomic E-state index is 13.9. The molecule has 0 fully saturated rings. The second kappa shape index (κ2) is 4.93. The summed E-state index contributed by atoms with van der Waals surface area (Å²) in [5, 5.41) is 0.452. The summed E-state index contributed by atoms with van der Waals surface area (Å²) < 4.78 is 27.3. The van der Waals surface area contributed by atoms with Gasteiger partial charge < -0.3 is 5.73 Å². The van der Waals surface area contributed by atoms with E-state index in [2.05, 4.69) is 20.9 Å². The van der Waals surface area contributed by atoms with E-state index >= 15 is 0 Å². The fourth-order valence-electron chi connectivity index (χ4n) is 1.93. The molecule has 0 aliphatic carbocycles. The Bertz CT molecular complexity index is 575. The standard InChI is InChI=1S/C12H11BrF2N2S/c1-5(11-6(2)17-12(16)18-11)10-8(13)3-7(14)4-9(10)15/h3-5H,1-2H3,(H2,16,17). The molecular weight excluding hydrogens is 322 g/mol. The van der Waals surface area contributed by atoms with Crippen LogP contribution in [0, 0.1) is 18.6 Å². The fourth-order valence-corrected chi connectivity index (χ4v) is 3.58. The highest BCUT2D eigenvalue weighted by molar-refractivity contribution is 9.10. The van der Waals surface area contributed by atoms with Crippen LogP contribution >= 0.6 is 27.3 Å². The Morgan fingerprint density at radius 2 is 2.06 bits per heavy atom. The molecule has 0 saturated carbocycles. The SMILES string of the molecule is Cc1nc(N)sc1C(C)c1c(F)cc(F)cc1Br. The summed E-state index contributed by atoms with van der Waals surface area (Å²) in [6.07, 6.45) is 0. The first-order chi connectivity index (χ1) is 8.40. The first kappa shape index (κ1) is 13.4. The molecule has 0 saturated heterocycles. The number of nitrogens with zero attached hydrogens (tertiary/aromatic N) is 1. The van der Waals surface area contributed by atoms with Gasteiger partial charge in [-0.3, -0.25) is 0 Å². The number of anilines is 1. The van der Waals surface area contributed by atoms with Gasteiger partial charge in [0, 0.05) is 26.9 Å². The van der Waals surface area contributed by atoms with Crippen LogP contribution in [0.3, 0.4) is 0 Å². The van der Waals surface area contributed by atoms with Gasteiger partial charge in [0.25, 0.3) is 0 Å². The Labute approximate surface area is 116 Å². The molecule has 1 aromatic heterocycles. The van der Waals surface area contributed by atoms with E-state index < -0.39 is 11.6 Å². The van der Waals surface area contributed by atoms with Crippen molar-refractivity contribution in [2.75, 3.05) is 5.73 Å². The van der Waals surface area contributed by atoms with Crippen LogP contribution < -0.4 is 5.73 Å². The zero-order chi connectivity index (χ0) is 13.4. The Kier molecular flexibility index (Phi) is 3.68. The van der Waals surface area contributed by atoms with Gasteiger partial charge in [0.15, 0.2) is 5.13 Å². The topological polar surface area (TPSA) is 38.9 Å². The van der Waals surface area contributed by atoms with Crippen LogP contribution in [-0.4, -0.2) is 4.98 Å². The lowest BCUT2D eigenvalue weighted by Gasteiger charge is -2.14. The van der Waals surface area contributed by atoms with Crippen LogP contribution in [0.15, 0.2) is 16.6 Å². The van der Waals surface area contributed by atoms with Crippen LogP contribution in [0.2, 0.25) is 0 Å². The molecule has 0 spiro atoms. The minimum Gasteiger partial charge on any atom is -0.375 e. The van der Waals surface area contributed by atoms with Crippen molar-refractivity contribution in [3.05, 3.63) is 44.4 Å². The zero-order valence-electron chi connectivity index (χ0n) is 9.80. The minimum atomic E-state index is -0.601. The predicted octanol–water partition coefficient (Wildman–Crippen LogP) is 4.23. The van der Waals surface area contributed by atoms with Crippen LogP contribution in [0.1, 0.15) is 29.0 Å². The quantitative estimate of drug-likeness (QED) is 0.893. The molecule has 2 nitrogen and oxygen atoms in total. The molecule has 6 heteroatoms. The summed E-state index contributed by atoms with van der Waals surface area (Å²) in [5.74, 6) is -1.40. The second-order valence-corrected chi connectivity index (χ2v) is 5.92. The van der Waals surface area contributed by atoms with E-state index in [4.69, 9.17) is 5.73 Å². The minimum absolute atomic E-state index is 0.227. The molecule has 1 unspecified atom stereocenters. The number of nitrogen functional groups attached to an aromatic ring is 1. The van der Waals surface area contributed by atoms with Crippen molar-refractivity contribution >= 4 is 32.4 Å². The lowest BCUT2D eigenvalue weighted by molar-refractivity contribution is 0.566. The summed E-state index contributed by atoms with van der Waals surface area (Å²) in [6, 6.07) is 2.14. The Balaban J connectivity index is 2.52. The predicted molar refractivity (Wildman–Crippen MR) is 72.8 cm³/mol. The molecular formula is C12H11BrF2N2S. The van der Waals surface area contributed by atoms with E-state index in [9.17, 15) is 8.78 Å². The van der Waals surface area contributed by atoms with Gasteiger partial charge in [-0.25, -0.2) is 13.8 Å². The number of aryl methyl sites for hydroxylation is 1. The van der Waals surface area contributed by atoms with E-state index in [0.717, 1.165) is 16.6 Å². The van der Waals surface area contributed by atoms with Gasteiger partial charge in [0.1, 0.15) is 11.6 Å². The first-order valence-electron chi connectivity index (χ1n) is 5.27. The molecule has 0 aliphatic rings. The number of thiazole rings is 1. The molecule has 1 atom stereocenters. The van der Waals surface area contributed by atoms with E-state index in [1.165, 1.54) is 17.4 Å². The van der Waals surface area contributed by atoms with Gasteiger partial charge in [-0.2, -0.15) is 0 Å². The number of nitrogens with two attached hydrogens (primary N) is 1. The van der Waals surface area contributed by atoms with E-state index in [1.54, 1.807) is 0 Å².